The second-order valence-electron chi connectivity index (χ2n) is 4.68. The number of nitrogens with zero attached hydrogens (tertiary/aromatic N) is 2. The zero-order valence-corrected chi connectivity index (χ0v) is 12.5. The van der Waals surface area contributed by atoms with Crippen LogP contribution in [-0.4, -0.2) is 16.1 Å². The van der Waals surface area contributed by atoms with Gasteiger partial charge in [-0.05, 0) is 41.4 Å². The van der Waals surface area contributed by atoms with E-state index in [4.69, 9.17) is 0 Å². The zero-order chi connectivity index (χ0) is 12.4. The Labute approximate surface area is 119 Å². The van der Waals surface area contributed by atoms with Gasteiger partial charge in [0.15, 0.2) is 0 Å². The minimum absolute atomic E-state index is 0.477. The highest BCUT2D eigenvalue weighted by Crippen LogP contribution is 2.25. The van der Waals surface area contributed by atoms with Crippen molar-refractivity contribution in [3.63, 3.8) is 0 Å². The molecule has 1 aliphatic rings. The molecular weight excluding hydrogens is 310 g/mol. The Balaban J connectivity index is 1.78. The lowest BCUT2D eigenvalue weighted by Crippen LogP contribution is -2.28. The number of halogens is 1. The second-order valence-corrected chi connectivity index (χ2v) is 6.59. The van der Waals surface area contributed by atoms with Crippen molar-refractivity contribution in [1.29, 1.82) is 0 Å². The molecule has 1 aliphatic heterocycles. The summed E-state index contributed by atoms with van der Waals surface area (Å²) in [5, 5.41) is 5.72. The number of piperidine rings is 1. The standard InChI is InChI=1S/C13H16BrN3S/c14-10-5-11(18-8-10)7-17-9-15-6-13(17)12-3-1-2-4-16-12/h5-6,8-9,12,16H,1-4,7H2. The molecule has 3 nitrogen and oxygen atoms in total. The molecular formula is C13H16BrN3S. The quantitative estimate of drug-likeness (QED) is 0.934. The topological polar surface area (TPSA) is 29.9 Å². The Hall–Kier alpha value is -0.650. The smallest absolute Gasteiger partial charge is 0.0952 e. The highest BCUT2D eigenvalue weighted by Gasteiger charge is 2.18. The molecule has 96 valence electrons. The van der Waals surface area contributed by atoms with Crippen LogP contribution in [0.2, 0.25) is 0 Å². The van der Waals surface area contributed by atoms with Crippen LogP contribution in [-0.2, 0) is 6.54 Å². The minimum atomic E-state index is 0.477. The summed E-state index contributed by atoms with van der Waals surface area (Å²) in [5.41, 5.74) is 1.32. The largest absolute Gasteiger partial charge is 0.328 e. The summed E-state index contributed by atoms with van der Waals surface area (Å²) in [6.07, 6.45) is 7.78. The molecule has 18 heavy (non-hydrogen) atoms. The van der Waals surface area contributed by atoms with Crippen molar-refractivity contribution in [2.45, 2.75) is 31.8 Å². The Bertz CT molecular complexity index is 514. The van der Waals surface area contributed by atoms with Gasteiger partial charge in [0.05, 0.1) is 18.6 Å². The van der Waals surface area contributed by atoms with Crippen LogP contribution in [0.15, 0.2) is 28.4 Å². The molecule has 2 aromatic rings. The molecule has 2 aromatic heterocycles. The molecule has 1 unspecified atom stereocenters. The molecule has 0 amide bonds. The van der Waals surface area contributed by atoms with Crippen LogP contribution in [0.1, 0.15) is 35.9 Å². The normalized spacial score (nSPS) is 20.2. The lowest BCUT2D eigenvalue weighted by atomic mass is 10.0. The molecule has 1 N–H and O–H groups in total. The van der Waals surface area contributed by atoms with Crippen LogP contribution in [0.5, 0.6) is 0 Å². The van der Waals surface area contributed by atoms with Gasteiger partial charge in [-0.3, -0.25) is 0 Å². The molecule has 0 spiro atoms. The number of hydrogen-bond donors (Lipinski definition) is 1. The summed E-state index contributed by atoms with van der Waals surface area (Å²) in [6, 6.07) is 2.66. The van der Waals surface area contributed by atoms with E-state index in [-0.39, 0.29) is 0 Å². The van der Waals surface area contributed by atoms with Crippen LogP contribution in [0.25, 0.3) is 0 Å². The number of rotatable bonds is 3. The van der Waals surface area contributed by atoms with E-state index in [1.165, 1.54) is 34.3 Å². The molecule has 3 rings (SSSR count). The first-order valence-electron chi connectivity index (χ1n) is 6.29. The molecule has 1 fully saturated rings. The van der Waals surface area contributed by atoms with Crippen LogP contribution >= 0.6 is 27.3 Å². The third-order valence-electron chi connectivity index (χ3n) is 3.36. The summed E-state index contributed by atoms with van der Waals surface area (Å²) in [5.74, 6) is 0. The highest BCUT2D eigenvalue weighted by atomic mass is 79.9. The number of nitrogens with one attached hydrogen (secondary N) is 1. The fraction of sp³-hybridized carbons (Fsp3) is 0.462. The maximum atomic E-state index is 4.32. The third kappa shape index (κ3) is 2.68. The summed E-state index contributed by atoms with van der Waals surface area (Å²) < 4.78 is 3.43. The lowest BCUT2D eigenvalue weighted by Gasteiger charge is -2.24. The second kappa shape index (κ2) is 5.55. The molecule has 1 saturated heterocycles. The third-order valence-corrected chi connectivity index (χ3v) is 5.04. The molecule has 1 atom stereocenters. The van der Waals surface area contributed by atoms with Crippen LogP contribution in [0.3, 0.4) is 0 Å². The fourth-order valence-corrected chi connectivity index (χ4v) is 3.91. The molecule has 3 heterocycles. The molecule has 0 aliphatic carbocycles. The average Bonchev–Trinajstić information content (AvgIpc) is 3.00. The van der Waals surface area contributed by atoms with Gasteiger partial charge in [-0.1, -0.05) is 6.42 Å². The summed E-state index contributed by atoms with van der Waals surface area (Å²) in [4.78, 5) is 5.67. The number of aromatic nitrogens is 2. The fourth-order valence-electron chi connectivity index (χ4n) is 2.46. The van der Waals surface area contributed by atoms with Gasteiger partial charge in [-0.2, -0.15) is 0 Å². The zero-order valence-electron chi connectivity index (χ0n) is 10.1. The van der Waals surface area contributed by atoms with Crippen LogP contribution in [0.4, 0.5) is 0 Å². The van der Waals surface area contributed by atoms with Crippen molar-refractivity contribution >= 4 is 27.3 Å². The van der Waals surface area contributed by atoms with Crippen molar-refractivity contribution < 1.29 is 0 Å². The first-order valence-corrected chi connectivity index (χ1v) is 7.96. The predicted octanol–water partition coefficient (Wildman–Crippen LogP) is 3.57. The summed E-state index contributed by atoms with van der Waals surface area (Å²) in [7, 11) is 0. The van der Waals surface area contributed by atoms with Gasteiger partial charge in [-0.15, -0.1) is 11.3 Å². The monoisotopic (exact) mass is 325 g/mol. The van der Waals surface area contributed by atoms with E-state index >= 15 is 0 Å². The van der Waals surface area contributed by atoms with Crippen molar-refractivity contribution in [2.75, 3.05) is 6.54 Å². The van der Waals surface area contributed by atoms with E-state index < -0.39 is 0 Å². The van der Waals surface area contributed by atoms with Crippen molar-refractivity contribution in [1.82, 2.24) is 14.9 Å². The molecule has 0 saturated carbocycles. The molecule has 5 heteroatoms. The van der Waals surface area contributed by atoms with E-state index in [1.54, 1.807) is 11.3 Å². The van der Waals surface area contributed by atoms with Gasteiger partial charge in [0.2, 0.25) is 0 Å². The van der Waals surface area contributed by atoms with E-state index in [1.807, 2.05) is 12.5 Å². The van der Waals surface area contributed by atoms with Crippen LogP contribution in [0, 0.1) is 0 Å². The van der Waals surface area contributed by atoms with Crippen molar-refractivity contribution in [3.8, 4) is 0 Å². The number of thiophene rings is 1. The van der Waals surface area contributed by atoms with Gasteiger partial charge in [0.1, 0.15) is 0 Å². The van der Waals surface area contributed by atoms with Gasteiger partial charge >= 0.3 is 0 Å². The molecule has 0 aromatic carbocycles. The minimum Gasteiger partial charge on any atom is -0.328 e. The van der Waals surface area contributed by atoms with E-state index in [0.717, 1.165) is 13.1 Å². The van der Waals surface area contributed by atoms with Gasteiger partial charge in [0.25, 0.3) is 0 Å². The van der Waals surface area contributed by atoms with Gasteiger partial charge < -0.3 is 9.88 Å². The summed E-state index contributed by atoms with van der Waals surface area (Å²) in [6.45, 7) is 2.05. The van der Waals surface area contributed by atoms with E-state index in [9.17, 15) is 0 Å². The SMILES string of the molecule is Brc1csc(Cn2cncc2C2CCCCN2)c1. The maximum Gasteiger partial charge on any atom is 0.0952 e. The number of imidazole rings is 1. The van der Waals surface area contributed by atoms with Gasteiger partial charge in [-0.25, -0.2) is 4.98 Å². The Kier molecular flexibility index (Phi) is 3.82. The first kappa shape index (κ1) is 12.4. The van der Waals surface area contributed by atoms with E-state index in [2.05, 4.69) is 42.2 Å². The lowest BCUT2D eigenvalue weighted by molar-refractivity contribution is 0.396. The summed E-state index contributed by atoms with van der Waals surface area (Å²) >= 11 is 5.29. The first-order chi connectivity index (χ1) is 8.83. The Morgan fingerprint density at radius 2 is 2.44 bits per heavy atom. The number of hydrogen-bond acceptors (Lipinski definition) is 3. The molecule has 0 radical (unpaired) electrons. The Morgan fingerprint density at radius 3 is 3.17 bits per heavy atom. The van der Waals surface area contributed by atoms with E-state index in [0.29, 0.717) is 6.04 Å². The van der Waals surface area contributed by atoms with Crippen molar-refractivity contribution in [3.05, 3.63) is 39.0 Å². The van der Waals surface area contributed by atoms with Gasteiger partial charge in [0, 0.05) is 27.0 Å². The highest BCUT2D eigenvalue weighted by molar-refractivity contribution is 9.10. The molecule has 0 bridgehead atoms. The predicted molar refractivity (Wildman–Crippen MR) is 77.9 cm³/mol. The Morgan fingerprint density at radius 1 is 1.50 bits per heavy atom. The van der Waals surface area contributed by atoms with Crippen LogP contribution < -0.4 is 5.32 Å². The maximum absolute atomic E-state index is 4.32. The average molecular weight is 326 g/mol. The van der Waals surface area contributed by atoms with Crippen molar-refractivity contribution in [2.24, 2.45) is 0 Å².